The second-order valence-corrected chi connectivity index (χ2v) is 7.90. The minimum absolute atomic E-state index is 0.00942. The van der Waals surface area contributed by atoms with Gasteiger partial charge in [-0.25, -0.2) is 5.48 Å². The Morgan fingerprint density at radius 3 is 2.49 bits per heavy atom. The van der Waals surface area contributed by atoms with E-state index in [9.17, 15) is 31.1 Å². The maximum atomic E-state index is 13.2. The van der Waals surface area contributed by atoms with Crippen LogP contribution in [-0.4, -0.2) is 30.4 Å². The van der Waals surface area contributed by atoms with Crippen LogP contribution in [0.2, 0.25) is 0 Å². The molecule has 1 aromatic heterocycles. The number of aromatic nitrogens is 1. The molecule has 0 fully saturated rings. The van der Waals surface area contributed by atoms with E-state index in [1.807, 2.05) is 30.3 Å². The van der Waals surface area contributed by atoms with Gasteiger partial charge in [-0.3, -0.25) is 4.79 Å². The number of ether oxygens (including phenoxy) is 1. The van der Waals surface area contributed by atoms with Gasteiger partial charge in [-0.05, 0) is 25.1 Å². The van der Waals surface area contributed by atoms with E-state index in [0.29, 0.717) is 6.07 Å². The van der Waals surface area contributed by atoms with Crippen molar-refractivity contribution in [3.05, 3.63) is 70.1 Å². The number of H-pyrrole nitrogens is 1. The Bertz CT molecular complexity index is 1320. The van der Waals surface area contributed by atoms with E-state index in [0.717, 1.165) is 28.3 Å². The van der Waals surface area contributed by atoms with Crippen LogP contribution in [0.5, 0.6) is 11.5 Å². The number of alkyl halides is 6. The van der Waals surface area contributed by atoms with Crippen molar-refractivity contribution >= 4 is 22.7 Å². The number of rotatable bonds is 1. The quantitative estimate of drug-likeness (QED) is 0.448. The van der Waals surface area contributed by atoms with Gasteiger partial charge >= 0.3 is 12.4 Å². The van der Waals surface area contributed by atoms with Crippen LogP contribution in [0.3, 0.4) is 0 Å². The normalized spacial score (nSPS) is 16.8. The molecule has 186 valence electrons. The third-order valence-electron chi connectivity index (χ3n) is 5.32. The monoisotopic (exact) mass is 499 g/mol. The predicted octanol–water partition coefficient (Wildman–Crippen LogP) is 5.25. The van der Waals surface area contributed by atoms with Crippen molar-refractivity contribution in [3.63, 3.8) is 0 Å². The zero-order valence-corrected chi connectivity index (χ0v) is 18.1. The summed E-state index contributed by atoms with van der Waals surface area (Å²) in [5.74, 6) is 0.870. The number of para-hydroxylation sites is 1. The number of benzene rings is 2. The second kappa shape index (κ2) is 9.08. The first-order chi connectivity index (χ1) is 16.4. The van der Waals surface area contributed by atoms with Crippen LogP contribution >= 0.6 is 0 Å². The Morgan fingerprint density at radius 1 is 1.06 bits per heavy atom. The number of hydrogen-bond donors (Lipinski definition) is 2. The summed E-state index contributed by atoms with van der Waals surface area (Å²) in [6, 6.07) is 9.66. The van der Waals surface area contributed by atoms with Crippen molar-refractivity contribution in [2.75, 3.05) is 18.1 Å². The molecule has 2 aliphatic heterocycles. The maximum absolute atomic E-state index is 13.2. The van der Waals surface area contributed by atoms with Gasteiger partial charge in [0.1, 0.15) is 18.9 Å². The third-order valence-corrected chi connectivity index (χ3v) is 5.32. The summed E-state index contributed by atoms with van der Waals surface area (Å²) in [5, 5.41) is -0.393. The number of fused-ring (bicyclic) bond motifs is 3. The number of halogens is 6. The molecule has 6 nitrogen and oxygen atoms in total. The molecule has 0 radical (unpaired) electrons. The van der Waals surface area contributed by atoms with Crippen molar-refractivity contribution in [2.24, 2.45) is 0 Å². The molecule has 0 saturated heterocycles. The van der Waals surface area contributed by atoms with Crippen LogP contribution < -0.4 is 25.5 Å². The molecule has 2 N–H and O–H groups in total. The smallest absolute Gasteiger partial charge is 0.417 e. The molecular weight excluding hydrogens is 480 g/mol. The summed E-state index contributed by atoms with van der Waals surface area (Å²) in [4.78, 5) is 19.8. The lowest BCUT2D eigenvalue weighted by Crippen LogP contribution is -2.46. The van der Waals surface area contributed by atoms with Crippen molar-refractivity contribution in [1.29, 1.82) is 0 Å². The Balaban J connectivity index is 0.000000239. The highest BCUT2D eigenvalue weighted by atomic mass is 19.4. The third kappa shape index (κ3) is 5.47. The first-order valence-corrected chi connectivity index (χ1v) is 10.3. The number of aromatic amines is 1. The highest BCUT2D eigenvalue weighted by Crippen LogP contribution is 2.41. The molecule has 2 aliphatic rings. The Labute approximate surface area is 194 Å². The Morgan fingerprint density at radius 2 is 1.80 bits per heavy atom. The first-order valence-electron chi connectivity index (χ1n) is 10.3. The molecule has 0 saturated carbocycles. The molecule has 35 heavy (non-hydrogen) atoms. The fourth-order valence-corrected chi connectivity index (χ4v) is 3.75. The van der Waals surface area contributed by atoms with Crippen molar-refractivity contribution in [1.82, 2.24) is 10.5 Å². The number of hydroxylamine groups is 1. The molecule has 0 unspecified atom stereocenters. The second-order valence-electron chi connectivity index (χ2n) is 7.90. The average molecular weight is 499 g/mol. The van der Waals surface area contributed by atoms with Gasteiger partial charge in [0.2, 0.25) is 5.56 Å². The van der Waals surface area contributed by atoms with Crippen LogP contribution in [0.1, 0.15) is 18.1 Å². The summed E-state index contributed by atoms with van der Waals surface area (Å²) < 4.78 is 83.4. The van der Waals surface area contributed by atoms with Crippen LogP contribution in [0.15, 0.2) is 53.5 Å². The number of nitrogens with zero attached hydrogens (tertiary/aromatic N) is 1. The lowest BCUT2D eigenvalue weighted by atomic mass is 10.0. The largest absolute Gasteiger partial charge is 0.489 e. The molecule has 12 heteroatoms. The van der Waals surface area contributed by atoms with Crippen LogP contribution in [0.4, 0.5) is 32.0 Å². The SMILES string of the molecule is C1=Cc2ccccc2ON1.C[C@@H]1COc2cc3[nH]c(=O)cc(C(F)(F)F)c3cc2N1CC(F)(F)F. The van der Waals surface area contributed by atoms with Gasteiger partial charge < -0.3 is 19.5 Å². The fraction of sp³-hybridized carbons (Fsp3) is 0.261. The highest BCUT2D eigenvalue weighted by molar-refractivity contribution is 5.89. The number of pyridine rings is 1. The molecule has 1 atom stereocenters. The Hall–Kier alpha value is -3.83. The van der Waals surface area contributed by atoms with E-state index in [-0.39, 0.29) is 23.6 Å². The van der Waals surface area contributed by atoms with Gasteiger partial charge in [0.05, 0.1) is 22.8 Å². The number of anilines is 1. The summed E-state index contributed by atoms with van der Waals surface area (Å²) in [6.45, 7) is 0.106. The topological polar surface area (TPSA) is 66.6 Å². The van der Waals surface area contributed by atoms with Gasteiger partial charge in [0.25, 0.3) is 0 Å². The summed E-state index contributed by atoms with van der Waals surface area (Å²) >= 11 is 0. The van der Waals surface area contributed by atoms with E-state index in [1.54, 1.807) is 6.20 Å². The van der Waals surface area contributed by atoms with Gasteiger partial charge in [0.15, 0.2) is 5.75 Å². The molecule has 0 spiro atoms. The van der Waals surface area contributed by atoms with Gasteiger partial charge in [-0.15, -0.1) is 0 Å². The first kappa shape index (κ1) is 24.3. The molecule has 5 rings (SSSR count). The van der Waals surface area contributed by atoms with E-state index >= 15 is 0 Å². The molecule has 3 heterocycles. The van der Waals surface area contributed by atoms with Gasteiger partial charge in [-0.1, -0.05) is 18.2 Å². The minimum atomic E-state index is -4.82. The van der Waals surface area contributed by atoms with Crippen molar-refractivity contribution in [3.8, 4) is 11.5 Å². The zero-order valence-electron chi connectivity index (χ0n) is 18.1. The van der Waals surface area contributed by atoms with Crippen LogP contribution in [0, 0.1) is 0 Å². The predicted molar refractivity (Wildman–Crippen MR) is 117 cm³/mol. The Kier molecular flexibility index (Phi) is 6.30. The molecule has 0 aliphatic carbocycles. The van der Waals surface area contributed by atoms with Crippen LogP contribution in [-0.2, 0) is 6.18 Å². The summed E-state index contributed by atoms with van der Waals surface area (Å²) in [7, 11) is 0. The van der Waals surface area contributed by atoms with Gasteiger partial charge in [-0.2, -0.15) is 26.3 Å². The zero-order chi connectivity index (χ0) is 25.4. The standard InChI is InChI=1S/C15H12F6N2O2.C8H7NO/c1-7-5-25-12-4-10-8(2-11(12)23(7)6-14(16,17)18)9(15(19,20)21)3-13(24)22-10;1-2-4-8-7(3-1)5-6-9-10-8/h2-4,7H,5-6H2,1H3,(H,22,24);1-6,9H/t7-;/m1./s1. The lowest BCUT2D eigenvalue weighted by molar-refractivity contribution is -0.136. The van der Waals surface area contributed by atoms with E-state index in [2.05, 4.69) is 10.5 Å². The summed E-state index contributed by atoms with van der Waals surface area (Å²) in [5.41, 5.74) is 1.35. The van der Waals surface area contributed by atoms with E-state index in [4.69, 9.17) is 9.57 Å². The molecule has 2 aromatic carbocycles. The molecular formula is C23H19F6N3O3. The molecule has 0 amide bonds. The fourth-order valence-electron chi connectivity index (χ4n) is 3.75. The lowest BCUT2D eigenvalue weighted by Gasteiger charge is -2.37. The molecule has 0 bridgehead atoms. The van der Waals surface area contributed by atoms with Crippen LogP contribution in [0.25, 0.3) is 17.0 Å². The highest BCUT2D eigenvalue weighted by Gasteiger charge is 2.38. The minimum Gasteiger partial charge on any atom is -0.489 e. The maximum Gasteiger partial charge on any atom is 0.417 e. The molecule has 3 aromatic rings. The van der Waals surface area contributed by atoms with E-state index in [1.165, 1.54) is 6.92 Å². The van der Waals surface area contributed by atoms with Gasteiger partial charge in [0, 0.05) is 29.3 Å². The average Bonchev–Trinajstić information content (AvgIpc) is 2.78. The van der Waals surface area contributed by atoms with Crippen molar-refractivity contribution < 1.29 is 35.9 Å². The number of hydrogen-bond acceptors (Lipinski definition) is 5. The van der Waals surface area contributed by atoms with Crippen molar-refractivity contribution in [2.45, 2.75) is 25.3 Å². The number of nitrogens with one attached hydrogen (secondary N) is 2. The summed E-state index contributed by atoms with van der Waals surface area (Å²) in [6.07, 6.45) is -5.62. The van der Waals surface area contributed by atoms with E-state index < -0.39 is 41.4 Å².